The van der Waals surface area contributed by atoms with Crippen molar-refractivity contribution in [3.05, 3.63) is 21.6 Å². The highest BCUT2D eigenvalue weighted by atomic mass is 35.5. The highest BCUT2D eigenvalue weighted by Gasteiger charge is 2.18. The van der Waals surface area contributed by atoms with Gasteiger partial charge in [-0.05, 0) is 28.4 Å². The minimum atomic E-state index is -0.687. The van der Waals surface area contributed by atoms with Crippen LogP contribution in [0.3, 0.4) is 0 Å². The average molecular weight is 234 g/mol. The van der Waals surface area contributed by atoms with E-state index in [1.807, 2.05) is 0 Å². The summed E-state index contributed by atoms with van der Waals surface area (Å²) in [5.41, 5.74) is 0. The summed E-state index contributed by atoms with van der Waals surface area (Å²) in [6.45, 7) is 1.72. The molecule has 1 aromatic rings. The lowest BCUT2D eigenvalue weighted by molar-refractivity contribution is -0.389. The molecule has 0 fully saturated rings. The zero-order chi connectivity index (χ0) is 11.4. The van der Waals surface area contributed by atoms with E-state index in [0.29, 0.717) is 0 Å². The quantitative estimate of drug-likeness (QED) is 0.440. The van der Waals surface area contributed by atoms with E-state index in [-0.39, 0.29) is 18.4 Å². The molecule has 8 heteroatoms. The summed E-state index contributed by atoms with van der Waals surface area (Å²) in [5, 5.41) is 10.2. The van der Waals surface area contributed by atoms with Gasteiger partial charge in [0, 0.05) is 0 Å². The van der Waals surface area contributed by atoms with Crippen LogP contribution in [-0.2, 0) is 16.1 Å². The Hall–Kier alpha value is -1.63. The minimum absolute atomic E-state index is 0.116. The first-order valence-corrected chi connectivity index (χ1v) is 4.45. The molecular weight excluding hydrogens is 226 g/mol. The van der Waals surface area contributed by atoms with Crippen molar-refractivity contribution < 1.29 is 14.5 Å². The maximum Gasteiger partial charge on any atom is 0.383 e. The fourth-order valence-corrected chi connectivity index (χ4v) is 1.12. The molecule has 1 aromatic heterocycles. The molecule has 0 N–H and O–H groups in total. The predicted molar refractivity (Wildman–Crippen MR) is 50.5 cm³/mol. The topological polar surface area (TPSA) is 87.3 Å². The van der Waals surface area contributed by atoms with Crippen molar-refractivity contribution in [1.29, 1.82) is 0 Å². The minimum Gasteiger partial charge on any atom is -0.465 e. The molecular formula is C7H8ClN3O4. The van der Waals surface area contributed by atoms with Gasteiger partial charge < -0.3 is 14.9 Å². The Morgan fingerprint density at radius 2 is 2.47 bits per heavy atom. The normalized spacial score (nSPS) is 10.0. The third-order valence-corrected chi connectivity index (χ3v) is 1.81. The van der Waals surface area contributed by atoms with E-state index in [2.05, 4.69) is 9.72 Å². The van der Waals surface area contributed by atoms with Gasteiger partial charge in [0.1, 0.15) is 12.7 Å². The highest BCUT2D eigenvalue weighted by Crippen LogP contribution is 2.15. The van der Waals surface area contributed by atoms with Gasteiger partial charge in [-0.1, -0.05) is 0 Å². The lowest BCUT2D eigenvalue weighted by Crippen LogP contribution is -2.12. The molecule has 7 nitrogen and oxygen atoms in total. The number of hydrogen-bond donors (Lipinski definition) is 0. The molecule has 0 radical (unpaired) electrons. The molecule has 82 valence electrons. The van der Waals surface area contributed by atoms with Gasteiger partial charge in [0.05, 0.1) is 6.61 Å². The molecule has 0 unspecified atom stereocenters. The Balaban J connectivity index is 2.77. The van der Waals surface area contributed by atoms with Gasteiger partial charge in [-0.2, -0.15) is 0 Å². The monoisotopic (exact) mass is 233 g/mol. The molecule has 0 saturated heterocycles. The standard InChI is InChI=1S/C7H8ClN3O4/c1-2-15-6(12)4-10-3-5(11(13)14)9-7(10)8/h3H,2,4H2,1H3. The Kier molecular flexibility index (Phi) is 3.62. The van der Waals surface area contributed by atoms with Crippen LogP contribution in [0.25, 0.3) is 0 Å². The Morgan fingerprint density at radius 1 is 1.80 bits per heavy atom. The van der Waals surface area contributed by atoms with Gasteiger partial charge in [0.2, 0.25) is 0 Å². The fraction of sp³-hybridized carbons (Fsp3) is 0.429. The summed E-state index contributed by atoms with van der Waals surface area (Å²) in [7, 11) is 0. The number of nitro groups is 1. The van der Waals surface area contributed by atoms with E-state index < -0.39 is 16.7 Å². The number of imidazole rings is 1. The summed E-state index contributed by atoms with van der Waals surface area (Å²) < 4.78 is 5.80. The number of carbonyl (C=O) groups excluding carboxylic acids is 1. The number of carbonyl (C=O) groups is 1. The third-order valence-electron chi connectivity index (χ3n) is 1.51. The second-order valence-electron chi connectivity index (χ2n) is 2.56. The smallest absolute Gasteiger partial charge is 0.383 e. The van der Waals surface area contributed by atoms with Gasteiger partial charge in [-0.25, -0.2) is 0 Å². The molecule has 0 spiro atoms. The van der Waals surface area contributed by atoms with Crippen LogP contribution in [-0.4, -0.2) is 27.1 Å². The predicted octanol–water partition coefficient (Wildman–Crippen LogP) is 1.01. The molecule has 15 heavy (non-hydrogen) atoms. The van der Waals surface area contributed by atoms with Crippen molar-refractivity contribution in [3.8, 4) is 0 Å². The molecule has 0 bridgehead atoms. The van der Waals surface area contributed by atoms with E-state index in [1.54, 1.807) is 6.92 Å². The van der Waals surface area contributed by atoms with E-state index in [0.717, 1.165) is 10.8 Å². The number of nitrogens with zero attached hydrogens (tertiary/aromatic N) is 3. The largest absolute Gasteiger partial charge is 0.465 e. The van der Waals surface area contributed by atoms with Crippen molar-refractivity contribution in [1.82, 2.24) is 9.55 Å². The molecule has 0 aliphatic heterocycles. The molecule has 0 amide bonds. The van der Waals surface area contributed by atoms with Crippen molar-refractivity contribution >= 4 is 23.4 Å². The molecule has 0 aromatic carbocycles. The first-order chi connectivity index (χ1) is 7.04. The number of aromatic nitrogens is 2. The molecule has 0 aliphatic rings. The second kappa shape index (κ2) is 4.74. The Morgan fingerprint density at radius 3 is 2.93 bits per heavy atom. The maximum atomic E-state index is 11.0. The van der Waals surface area contributed by atoms with E-state index in [1.165, 1.54) is 0 Å². The second-order valence-corrected chi connectivity index (χ2v) is 2.90. The van der Waals surface area contributed by atoms with E-state index >= 15 is 0 Å². The summed E-state index contributed by atoms with van der Waals surface area (Å²) >= 11 is 5.57. The van der Waals surface area contributed by atoms with Crippen molar-refractivity contribution in [2.75, 3.05) is 6.61 Å². The van der Waals surface area contributed by atoms with Gasteiger partial charge in [-0.3, -0.25) is 9.36 Å². The van der Waals surface area contributed by atoms with Gasteiger partial charge >= 0.3 is 17.1 Å². The van der Waals surface area contributed by atoms with E-state index in [9.17, 15) is 14.9 Å². The number of ether oxygens (including phenoxy) is 1. The lowest BCUT2D eigenvalue weighted by Gasteiger charge is -2.00. The summed E-state index contributed by atoms with van der Waals surface area (Å²) in [4.78, 5) is 24.1. The van der Waals surface area contributed by atoms with Crippen LogP contribution in [0.1, 0.15) is 6.92 Å². The number of halogens is 1. The maximum absolute atomic E-state index is 11.0. The number of rotatable bonds is 4. The zero-order valence-corrected chi connectivity index (χ0v) is 8.60. The van der Waals surface area contributed by atoms with Crippen LogP contribution in [0.2, 0.25) is 5.28 Å². The SMILES string of the molecule is CCOC(=O)Cn1cc([N+](=O)[O-])nc1Cl. The van der Waals surface area contributed by atoms with Crippen LogP contribution in [0.5, 0.6) is 0 Å². The molecule has 1 rings (SSSR count). The summed E-state index contributed by atoms with van der Waals surface area (Å²) in [6.07, 6.45) is 1.08. The van der Waals surface area contributed by atoms with Gasteiger partial charge in [-0.15, -0.1) is 0 Å². The van der Waals surface area contributed by atoms with Gasteiger partial charge in [0.15, 0.2) is 0 Å². The van der Waals surface area contributed by atoms with Gasteiger partial charge in [0.25, 0.3) is 0 Å². The van der Waals surface area contributed by atoms with Crippen LogP contribution in [0.15, 0.2) is 6.20 Å². The fourth-order valence-electron chi connectivity index (χ4n) is 0.925. The molecule has 1 heterocycles. The lowest BCUT2D eigenvalue weighted by atomic mass is 10.6. The van der Waals surface area contributed by atoms with Crippen LogP contribution < -0.4 is 0 Å². The van der Waals surface area contributed by atoms with Crippen LogP contribution in [0.4, 0.5) is 5.82 Å². The Bertz CT molecular complexity index is 390. The van der Waals surface area contributed by atoms with Crippen molar-refractivity contribution in [2.45, 2.75) is 13.5 Å². The van der Waals surface area contributed by atoms with Crippen LogP contribution in [0, 0.1) is 10.1 Å². The average Bonchev–Trinajstić information content (AvgIpc) is 2.48. The highest BCUT2D eigenvalue weighted by molar-refractivity contribution is 6.28. The Labute approximate surface area is 89.8 Å². The molecule has 0 aliphatic carbocycles. The van der Waals surface area contributed by atoms with E-state index in [4.69, 9.17) is 11.6 Å². The van der Waals surface area contributed by atoms with Crippen molar-refractivity contribution in [2.24, 2.45) is 0 Å². The summed E-state index contributed by atoms with van der Waals surface area (Å²) in [5.74, 6) is -0.920. The molecule has 0 saturated carbocycles. The summed E-state index contributed by atoms with van der Waals surface area (Å²) in [6, 6.07) is 0. The zero-order valence-electron chi connectivity index (χ0n) is 7.84. The first kappa shape index (κ1) is 11.4. The third kappa shape index (κ3) is 2.91. The molecule has 0 atom stereocenters. The van der Waals surface area contributed by atoms with Crippen molar-refractivity contribution in [3.63, 3.8) is 0 Å². The number of hydrogen-bond acceptors (Lipinski definition) is 5. The first-order valence-electron chi connectivity index (χ1n) is 4.07. The van der Waals surface area contributed by atoms with Crippen LogP contribution >= 0.6 is 11.6 Å². The number of esters is 1.